The second-order valence-corrected chi connectivity index (χ2v) is 5.18. The summed E-state index contributed by atoms with van der Waals surface area (Å²) < 4.78 is 5.58. The van der Waals surface area contributed by atoms with E-state index in [-0.39, 0.29) is 0 Å². The number of hydrogen-bond donors (Lipinski definition) is 1. The van der Waals surface area contributed by atoms with Gasteiger partial charge in [-0.1, -0.05) is 24.3 Å². The third-order valence-electron chi connectivity index (χ3n) is 4.02. The van der Waals surface area contributed by atoms with Crippen molar-refractivity contribution >= 4 is 0 Å². The number of fused-ring (bicyclic) bond motifs is 1. The summed E-state index contributed by atoms with van der Waals surface area (Å²) in [6.45, 7) is 6.15. The van der Waals surface area contributed by atoms with E-state index in [0.29, 0.717) is 6.04 Å². The molecule has 2 heterocycles. The lowest BCUT2D eigenvalue weighted by molar-refractivity contribution is 0.130. The predicted molar refractivity (Wildman–Crippen MR) is 72.5 cm³/mol. The van der Waals surface area contributed by atoms with Crippen LogP contribution in [0.3, 0.4) is 0 Å². The molecule has 0 aromatic heterocycles. The summed E-state index contributed by atoms with van der Waals surface area (Å²) in [5, 5.41) is 3.53. The van der Waals surface area contributed by atoms with Gasteiger partial charge in [-0.3, -0.25) is 4.90 Å². The maximum absolute atomic E-state index is 5.58. The second-order valence-electron chi connectivity index (χ2n) is 5.18. The van der Waals surface area contributed by atoms with Crippen molar-refractivity contribution in [2.45, 2.75) is 25.4 Å². The smallest absolute Gasteiger partial charge is 0.0593 e. The van der Waals surface area contributed by atoms with Crippen molar-refractivity contribution in [3.63, 3.8) is 0 Å². The first-order valence-corrected chi connectivity index (χ1v) is 7.05. The van der Waals surface area contributed by atoms with Gasteiger partial charge in [0.25, 0.3) is 0 Å². The Labute approximate surface area is 109 Å². The van der Waals surface area contributed by atoms with Crippen LogP contribution in [0, 0.1) is 0 Å². The standard InChI is InChI=1S/C15H22N2O/c1-2-5-14-13(4-1)12-16-7-6-15(14)17-8-3-10-18-11-9-17/h1-2,4-5,15-16H,3,6-12H2. The molecule has 0 spiro atoms. The number of ether oxygens (including phenoxy) is 1. The Kier molecular flexibility index (Phi) is 3.93. The van der Waals surface area contributed by atoms with E-state index in [2.05, 4.69) is 34.5 Å². The highest BCUT2D eigenvalue weighted by Gasteiger charge is 2.24. The lowest BCUT2D eigenvalue weighted by atomic mass is 9.98. The molecule has 98 valence electrons. The molecule has 3 nitrogen and oxygen atoms in total. The van der Waals surface area contributed by atoms with Crippen LogP contribution in [-0.2, 0) is 11.3 Å². The van der Waals surface area contributed by atoms with Gasteiger partial charge in [-0.15, -0.1) is 0 Å². The number of rotatable bonds is 1. The summed E-state index contributed by atoms with van der Waals surface area (Å²) >= 11 is 0. The Morgan fingerprint density at radius 3 is 3.11 bits per heavy atom. The zero-order valence-electron chi connectivity index (χ0n) is 10.9. The van der Waals surface area contributed by atoms with E-state index in [4.69, 9.17) is 4.74 Å². The van der Waals surface area contributed by atoms with Crippen molar-refractivity contribution < 1.29 is 4.74 Å². The monoisotopic (exact) mass is 246 g/mol. The summed E-state index contributed by atoms with van der Waals surface area (Å²) in [5.41, 5.74) is 2.98. The minimum absolute atomic E-state index is 0.567. The maximum atomic E-state index is 5.58. The SMILES string of the molecule is c1ccc2c(c1)CNCCC2N1CCCOCC1. The molecule has 0 amide bonds. The molecule has 0 saturated carbocycles. The molecule has 1 unspecified atom stereocenters. The van der Waals surface area contributed by atoms with Gasteiger partial charge in [-0.05, 0) is 30.5 Å². The van der Waals surface area contributed by atoms with Gasteiger partial charge >= 0.3 is 0 Å². The highest BCUT2D eigenvalue weighted by atomic mass is 16.5. The van der Waals surface area contributed by atoms with Crippen molar-refractivity contribution in [3.8, 4) is 0 Å². The quantitative estimate of drug-likeness (QED) is 0.819. The van der Waals surface area contributed by atoms with Crippen molar-refractivity contribution in [2.75, 3.05) is 32.8 Å². The number of nitrogens with one attached hydrogen (secondary N) is 1. The van der Waals surface area contributed by atoms with E-state index in [1.807, 2.05) is 0 Å². The van der Waals surface area contributed by atoms with Crippen LogP contribution >= 0.6 is 0 Å². The molecule has 1 atom stereocenters. The summed E-state index contributed by atoms with van der Waals surface area (Å²) in [6, 6.07) is 9.45. The summed E-state index contributed by atoms with van der Waals surface area (Å²) in [6.07, 6.45) is 2.36. The van der Waals surface area contributed by atoms with Crippen LogP contribution in [0.15, 0.2) is 24.3 Å². The number of hydrogen-bond acceptors (Lipinski definition) is 3. The molecule has 0 bridgehead atoms. The van der Waals surface area contributed by atoms with E-state index in [9.17, 15) is 0 Å². The zero-order valence-corrected chi connectivity index (χ0v) is 10.9. The van der Waals surface area contributed by atoms with E-state index in [1.54, 1.807) is 0 Å². The molecule has 1 fully saturated rings. The predicted octanol–water partition coefficient (Wildman–Crippen LogP) is 1.94. The highest BCUT2D eigenvalue weighted by molar-refractivity contribution is 5.31. The van der Waals surface area contributed by atoms with Crippen LogP contribution in [0.4, 0.5) is 0 Å². The Morgan fingerprint density at radius 1 is 1.17 bits per heavy atom. The van der Waals surface area contributed by atoms with Crippen LogP contribution in [0.25, 0.3) is 0 Å². The maximum Gasteiger partial charge on any atom is 0.0593 e. The van der Waals surface area contributed by atoms with Gasteiger partial charge in [0.05, 0.1) is 6.61 Å². The molecule has 1 aromatic rings. The lowest BCUT2D eigenvalue weighted by Gasteiger charge is -2.30. The molecular formula is C15H22N2O. The molecule has 2 aliphatic heterocycles. The first-order valence-electron chi connectivity index (χ1n) is 7.05. The van der Waals surface area contributed by atoms with Crippen molar-refractivity contribution in [3.05, 3.63) is 35.4 Å². The second kappa shape index (κ2) is 5.83. The first-order chi connectivity index (χ1) is 8.95. The van der Waals surface area contributed by atoms with E-state index >= 15 is 0 Å². The van der Waals surface area contributed by atoms with Gasteiger partial charge in [0.15, 0.2) is 0 Å². The fourth-order valence-corrected chi connectivity index (χ4v) is 3.09. The van der Waals surface area contributed by atoms with Gasteiger partial charge in [0.2, 0.25) is 0 Å². The fraction of sp³-hybridized carbons (Fsp3) is 0.600. The lowest BCUT2D eigenvalue weighted by Crippen LogP contribution is -2.32. The molecule has 3 rings (SSSR count). The summed E-state index contributed by atoms with van der Waals surface area (Å²) in [5.74, 6) is 0. The molecule has 1 N–H and O–H groups in total. The third-order valence-corrected chi connectivity index (χ3v) is 4.02. The van der Waals surface area contributed by atoms with Gasteiger partial charge < -0.3 is 10.1 Å². The largest absolute Gasteiger partial charge is 0.380 e. The minimum Gasteiger partial charge on any atom is -0.380 e. The van der Waals surface area contributed by atoms with Gasteiger partial charge in [0, 0.05) is 32.3 Å². The molecule has 3 heteroatoms. The Morgan fingerprint density at radius 2 is 2.11 bits per heavy atom. The molecule has 2 aliphatic rings. The summed E-state index contributed by atoms with van der Waals surface area (Å²) in [7, 11) is 0. The fourth-order valence-electron chi connectivity index (χ4n) is 3.09. The molecule has 1 saturated heterocycles. The van der Waals surface area contributed by atoms with Gasteiger partial charge in [-0.25, -0.2) is 0 Å². The van der Waals surface area contributed by atoms with Crippen LogP contribution in [-0.4, -0.2) is 37.7 Å². The molecular weight excluding hydrogens is 224 g/mol. The summed E-state index contributed by atoms with van der Waals surface area (Å²) in [4.78, 5) is 2.61. The molecule has 0 radical (unpaired) electrons. The average molecular weight is 246 g/mol. The third kappa shape index (κ3) is 2.58. The van der Waals surface area contributed by atoms with Crippen LogP contribution in [0.2, 0.25) is 0 Å². The Balaban J connectivity index is 1.86. The van der Waals surface area contributed by atoms with Gasteiger partial charge in [0.1, 0.15) is 0 Å². The first kappa shape index (κ1) is 12.2. The minimum atomic E-state index is 0.567. The average Bonchev–Trinajstić information content (AvgIpc) is 2.79. The zero-order chi connectivity index (χ0) is 12.2. The van der Waals surface area contributed by atoms with Crippen LogP contribution in [0.5, 0.6) is 0 Å². The number of benzene rings is 1. The number of nitrogens with zero attached hydrogens (tertiary/aromatic N) is 1. The van der Waals surface area contributed by atoms with Crippen LogP contribution < -0.4 is 5.32 Å². The van der Waals surface area contributed by atoms with Crippen LogP contribution in [0.1, 0.15) is 30.0 Å². The molecule has 1 aromatic carbocycles. The Hall–Kier alpha value is -0.900. The normalized spacial score (nSPS) is 26.1. The van der Waals surface area contributed by atoms with E-state index in [1.165, 1.54) is 24.1 Å². The van der Waals surface area contributed by atoms with E-state index in [0.717, 1.165) is 39.3 Å². The van der Waals surface area contributed by atoms with Gasteiger partial charge in [-0.2, -0.15) is 0 Å². The van der Waals surface area contributed by atoms with Crippen molar-refractivity contribution in [2.24, 2.45) is 0 Å². The highest BCUT2D eigenvalue weighted by Crippen LogP contribution is 2.29. The van der Waals surface area contributed by atoms with Crippen molar-refractivity contribution in [1.29, 1.82) is 0 Å². The van der Waals surface area contributed by atoms with E-state index < -0.39 is 0 Å². The molecule has 0 aliphatic carbocycles. The van der Waals surface area contributed by atoms with Crippen molar-refractivity contribution in [1.82, 2.24) is 10.2 Å². The topological polar surface area (TPSA) is 24.5 Å². The Bertz CT molecular complexity index is 386. The molecule has 18 heavy (non-hydrogen) atoms.